The average molecular weight is 390 g/mol. The van der Waals surface area contributed by atoms with E-state index in [1.807, 2.05) is 0 Å². The van der Waals surface area contributed by atoms with Crippen molar-refractivity contribution in [3.63, 3.8) is 0 Å². The molecule has 0 fully saturated rings. The summed E-state index contributed by atoms with van der Waals surface area (Å²) in [5.41, 5.74) is -0.756. The summed E-state index contributed by atoms with van der Waals surface area (Å²) in [4.78, 5) is 0. The molecule has 15 heavy (non-hydrogen) atoms. The van der Waals surface area contributed by atoms with Crippen LogP contribution in [0.2, 0.25) is 0 Å². The third-order valence-electron chi connectivity index (χ3n) is 1.72. The third kappa shape index (κ3) is 3.08. The lowest BCUT2D eigenvalue weighted by atomic mass is 10.1. The highest BCUT2D eigenvalue weighted by Gasteiger charge is 2.34. The minimum atomic E-state index is -4.42. The highest BCUT2D eigenvalue weighted by atomic mass is 127. The van der Waals surface area contributed by atoms with Crippen LogP contribution < -0.4 is 0 Å². The first-order valence-electron chi connectivity index (χ1n) is 3.78. The number of hydrogen-bond acceptors (Lipinski definition) is 1. The maximum Gasteiger partial charge on any atom is 0.416 e. The molecule has 0 aliphatic heterocycles. The van der Waals surface area contributed by atoms with Gasteiger partial charge in [-0.3, -0.25) is 0 Å². The predicted octanol–water partition coefficient (Wildman–Crippen LogP) is 4.14. The number of benzene rings is 1. The van der Waals surface area contributed by atoms with Crippen LogP contribution in [0.1, 0.15) is 11.1 Å². The van der Waals surface area contributed by atoms with Gasteiger partial charge in [-0.1, -0.05) is 15.9 Å². The number of nitrogens with zero attached hydrogens (tertiary/aromatic N) is 1. The van der Waals surface area contributed by atoms with E-state index < -0.39 is 11.7 Å². The van der Waals surface area contributed by atoms with E-state index in [9.17, 15) is 13.2 Å². The van der Waals surface area contributed by atoms with Crippen LogP contribution in [0, 0.1) is 14.9 Å². The van der Waals surface area contributed by atoms with Gasteiger partial charge in [0.05, 0.1) is 18.1 Å². The lowest BCUT2D eigenvalue weighted by Gasteiger charge is -2.13. The second-order valence-corrected chi connectivity index (χ2v) is 4.85. The van der Waals surface area contributed by atoms with Crippen LogP contribution >= 0.6 is 38.5 Å². The van der Waals surface area contributed by atoms with Crippen molar-refractivity contribution in [1.29, 1.82) is 5.26 Å². The lowest BCUT2D eigenvalue weighted by Crippen LogP contribution is -2.10. The minimum Gasteiger partial charge on any atom is -0.198 e. The van der Waals surface area contributed by atoms with Crippen LogP contribution in [-0.2, 0) is 12.6 Å². The zero-order valence-electron chi connectivity index (χ0n) is 7.20. The minimum absolute atomic E-state index is 0.00887. The molecule has 0 aliphatic carbocycles. The molecule has 0 unspecified atom stereocenters. The summed E-state index contributed by atoms with van der Waals surface area (Å²) in [6.45, 7) is 0. The summed E-state index contributed by atoms with van der Waals surface area (Å²) in [6, 6.07) is 4.32. The Kier molecular flexibility index (Phi) is 4.00. The Morgan fingerprint density at radius 2 is 2.00 bits per heavy atom. The van der Waals surface area contributed by atoms with Crippen molar-refractivity contribution < 1.29 is 13.2 Å². The van der Waals surface area contributed by atoms with E-state index in [2.05, 4.69) is 15.9 Å². The molecule has 1 aromatic rings. The molecular formula is C9H4BrF3IN. The van der Waals surface area contributed by atoms with Crippen LogP contribution in [-0.4, -0.2) is 0 Å². The summed E-state index contributed by atoms with van der Waals surface area (Å²) in [6.07, 6.45) is -4.68. The number of nitriles is 1. The number of alkyl halides is 3. The largest absolute Gasteiger partial charge is 0.416 e. The molecule has 0 radical (unpaired) electrons. The molecule has 1 aromatic carbocycles. The van der Waals surface area contributed by atoms with Crippen molar-refractivity contribution in [2.75, 3.05) is 0 Å². The zero-order chi connectivity index (χ0) is 11.6. The summed E-state index contributed by atoms with van der Waals surface area (Å²) in [5.74, 6) is 0. The third-order valence-corrected chi connectivity index (χ3v) is 3.05. The Bertz CT molecular complexity index is 423. The molecule has 1 rings (SSSR count). The summed E-state index contributed by atoms with van der Waals surface area (Å²) in [7, 11) is 0. The molecule has 0 saturated heterocycles. The maximum atomic E-state index is 12.6. The van der Waals surface area contributed by atoms with Crippen molar-refractivity contribution >= 4 is 38.5 Å². The number of rotatable bonds is 1. The van der Waals surface area contributed by atoms with E-state index in [4.69, 9.17) is 5.26 Å². The van der Waals surface area contributed by atoms with Crippen molar-refractivity contribution in [3.8, 4) is 6.07 Å². The van der Waals surface area contributed by atoms with Crippen LogP contribution in [0.25, 0.3) is 0 Å². The van der Waals surface area contributed by atoms with Crippen molar-refractivity contribution in [2.24, 2.45) is 0 Å². The van der Waals surface area contributed by atoms with Crippen molar-refractivity contribution in [3.05, 3.63) is 31.3 Å². The molecule has 0 aliphatic rings. The SMILES string of the molecule is N#CCc1c(Br)cc(I)cc1C(F)(F)F. The second-order valence-electron chi connectivity index (χ2n) is 2.75. The first kappa shape index (κ1) is 12.8. The van der Waals surface area contributed by atoms with E-state index in [-0.39, 0.29) is 12.0 Å². The molecule has 0 atom stereocenters. The fourth-order valence-electron chi connectivity index (χ4n) is 1.12. The smallest absolute Gasteiger partial charge is 0.198 e. The molecule has 0 heterocycles. The Morgan fingerprint density at radius 1 is 1.40 bits per heavy atom. The quantitative estimate of drug-likeness (QED) is 0.662. The Balaban J connectivity index is 3.41. The molecule has 6 heteroatoms. The van der Waals surface area contributed by atoms with Gasteiger partial charge in [-0.25, -0.2) is 0 Å². The monoisotopic (exact) mass is 389 g/mol. The molecule has 1 nitrogen and oxygen atoms in total. The van der Waals surface area contributed by atoms with Gasteiger partial charge in [-0.05, 0) is 40.3 Å². The fourth-order valence-corrected chi connectivity index (χ4v) is 2.77. The molecule has 0 saturated carbocycles. The average Bonchev–Trinajstić information content (AvgIpc) is 2.07. The highest BCUT2D eigenvalue weighted by molar-refractivity contribution is 14.1. The summed E-state index contributed by atoms with van der Waals surface area (Å²) in [5, 5.41) is 8.46. The molecule has 0 bridgehead atoms. The van der Waals surface area contributed by atoms with Crippen LogP contribution in [0.4, 0.5) is 13.2 Å². The van der Waals surface area contributed by atoms with Crippen molar-refractivity contribution in [1.82, 2.24) is 0 Å². The van der Waals surface area contributed by atoms with E-state index in [0.717, 1.165) is 6.07 Å². The van der Waals surface area contributed by atoms with E-state index in [1.165, 1.54) is 0 Å². The van der Waals surface area contributed by atoms with Gasteiger partial charge in [0.15, 0.2) is 0 Å². The Hall–Kier alpha value is -0.290. The van der Waals surface area contributed by atoms with Gasteiger partial charge in [0.2, 0.25) is 0 Å². The van der Waals surface area contributed by atoms with Crippen molar-refractivity contribution in [2.45, 2.75) is 12.6 Å². The van der Waals surface area contributed by atoms with Crippen LogP contribution in [0.5, 0.6) is 0 Å². The van der Waals surface area contributed by atoms with E-state index in [0.29, 0.717) is 8.04 Å². The van der Waals surface area contributed by atoms with Gasteiger partial charge in [-0.15, -0.1) is 0 Å². The maximum absolute atomic E-state index is 12.6. The summed E-state index contributed by atoms with van der Waals surface area (Å²) >= 11 is 4.84. The fraction of sp³-hybridized carbons (Fsp3) is 0.222. The second kappa shape index (κ2) is 4.70. The topological polar surface area (TPSA) is 23.8 Å². The van der Waals surface area contributed by atoms with Gasteiger partial charge in [0.25, 0.3) is 0 Å². The molecule has 0 aromatic heterocycles. The zero-order valence-corrected chi connectivity index (χ0v) is 10.9. The first-order valence-corrected chi connectivity index (χ1v) is 5.65. The van der Waals surface area contributed by atoms with Gasteiger partial charge in [-0.2, -0.15) is 18.4 Å². The lowest BCUT2D eigenvalue weighted by molar-refractivity contribution is -0.138. The molecular weight excluding hydrogens is 386 g/mol. The van der Waals surface area contributed by atoms with Crippen LogP contribution in [0.3, 0.4) is 0 Å². The Labute approximate surface area is 107 Å². The molecule has 0 amide bonds. The number of hydrogen-bond donors (Lipinski definition) is 0. The molecule has 0 spiro atoms. The highest BCUT2D eigenvalue weighted by Crippen LogP contribution is 2.36. The normalized spacial score (nSPS) is 11.2. The Morgan fingerprint density at radius 3 is 2.47 bits per heavy atom. The summed E-state index contributed by atoms with van der Waals surface area (Å²) < 4.78 is 38.6. The number of halogens is 5. The van der Waals surface area contributed by atoms with Gasteiger partial charge in [0.1, 0.15) is 0 Å². The standard InChI is InChI=1S/C9H4BrF3IN/c10-8-4-5(14)3-7(9(11,12)13)6(8)1-2-15/h3-4H,1H2. The van der Waals surface area contributed by atoms with E-state index >= 15 is 0 Å². The predicted molar refractivity (Wildman–Crippen MR) is 61.2 cm³/mol. The van der Waals surface area contributed by atoms with Crippen LogP contribution in [0.15, 0.2) is 16.6 Å². The van der Waals surface area contributed by atoms with Gasteiger partial charge < -0.3 is 0 Å². The van der Waals surface area contributed by atoms with E-state index in [1.54, 1.807) is 34.7 Å². The van der Waals surface area contributed by atoms with Gasteiger partial charge in [0, 0.05) is 8.04 Å². The molecule has 80 valence electrons. The van der Waals surface area contributed by atoms with Gasteiger partial charge >= 0.3 is 6.18 Å². The molecule has 0 N–H and O–H groups in total. The first-order chi connectivity index (χ1) is 6.86.